The van der Waals surface area contributed by atoms with Gasteiger partial charge in [0.2, 0.25) is 0 Å². The largest absolute Gasteiger partial charge is 0.494 e. The first kappa shape index (κ1) is 20.2. The Bertz CT molecular complexity index is 1170. The minimum absolute atomic E-state index is 0.603. The predicted octanol–water partition coefficient (Wildman–Crippen LogP) is 6.52. The highest BCUT2D eigenvalue weighted by molar-refractivity contribution is 7.19. The topological polar surface area (TPSA) is 56.3 Å². The predicted molar refractivity (Wildman–Crippen MR) is 124 cm³/mol. The smallest absolute Gasteiger partial charge is 0.143 e. The molecule has 0 aliphatic rings. The second kappa shape index (κ2) is 8.71. The Hall–Kier alpha value is -3.12. The molecular weight excluding hydrogens is 394 g/mol. The van der Waals surface area contributed by atoms with E-state index in [1.54, 1.807) is 11.3 Å². The summed E-state index contributed by atoms with van der Waals surface area (Å²) in [6.07, 6.45) is 0. The van der Waals surface area contributed by atoms with E-state index in [0.29, 0.717) is 13.2 Å². The van der Waals surface area contributed by atoms with Crippen molar-refractivity contribution in [1.29, 1.82) is 0 Å². The number of thiophene rings is 1. The molecule has 0 radical (unpaired) electrons. The maximum absolute atomic E-state index is 5.79. The highest BCUT2D eigenvalue weighted by atomic mass is 32.1. The number of fused-ring (bicyclic) bond motifs is 1. The van der Waals surface area contributed by atoms with Crippen LogP contribution in [0, 0.1) is 13.8 Å². The molecule has 0 aliphatic heterocycles. The van der Waals surface area contributed by atoms with E-state index in [1.165, 1.54) is 4.88 Å². The molecule has 2 aromatic heterocycles. The number of rotatable bonds is 7. The van der Waals surface area contributed by atoms with E-state index < -0.39 is 0 Å². The number of para-hydroxylation sites is 2. The maximum atomic E-state index is 5.79. The average molecular weight is 420 g/mol. The summed E-state index contributed by atoms with van der Waals surface area (Å²) in [5.74, 6) is 3.20. The van der Waals surface area contributed by atoms with Crippen molar-refractivity contribution in [3.05, 3.63) is 59.2 Å². The molecule has 4 aromatic rings. The van der Waals surface area contributed by atoms with Crippen LogP contribution in [0.3, 0.4) is 0 Å². The Morgan fingerprint density at radius 3 is 2.37 bits per heavy atom. The van der Waals surface area contributed by atoms with Crippen molar-refractivity contribution in [2.45, 2.75) is 27.7 Å². The molecule has 0 bridgehead atoms. The molecular formula is C24H25N3O2S. The van der Waals surface area contributed by atoms with Crippen LogP contribution in [0.1, 0.15) is 24.5 Å². The molecule has 30 heavy (non-hydrogen) atoms. The molecule has 0 saturated heterocycles. The average Bonchev–Trinajstić information content (AvgIpc) is 3.06. The zero-order valence-electron chi connectivity index (χ0n) is 17.7. The number of nitrogens with zero attached hydrogens (tertiary/aromatic N) is 2. The third kappa shape index (κ3) is 3.96. The molecule has 0 amide bonds. The molecule has 0 atom stereocenters. The Morgan fingerprint density at radius 2 is 1.63 bits per heavy atom. The SMILES string of the molecule is CCOc1ccc(-c2c(C)sc3nc(C)nc(Nc4ccccc4OCC)c23)cc1. The second-order valence-electron chi connectivity index (χ2n) is 6.84. The molecule has 4 rings (SSSR count). The van der Waals surface area contributed by atoms with Crippen molar-refractivity contribution in [1.82, 2.24) is 9.97 Å². The number of aromatic nitrogens is 2. The van der Waals surface area contributed by atoms with Crippen LogP contribution in [0.2, 0.25) is 0 Å². The minimum Gasteiger partial charge on any atom is -0.494 e. The van der Waals surface area contributed by atoms with Gasteiger partial charge < -0.3 is 14.8 Å². The van der Waals surface area contributed by atoms with Gasteiger partial charge in [0, 0.05) is 10.4 Å². The number of anilines is 2. The highest BCUT2D eigenvalue weighted by Gasteiger charge is 2.19. The standard InChI is InChI=1S/C24H25N3O2S/c1-5-28-18-13-11-17(12-14-18)21-15(3)30-24-22(21)23(25-16(4)26-24)27-19-9-7-8-10-20(19)29-6-2/h7-14H,5-6H2,1-4H3,(H,25,26,27). The summed E-state index contributed by atoms with van der Waals surface area (Å²) >= 11 is 1.69. The first-order chi connectivity index (χ1) is 14.6. The van der Waals surface area contributed by atoms with E-state index in [0.717, 1.165) is 50.2 Å². The van der Waals surface area contributed by atoms with Crippen molar-refractivity contribution < 1.29 is 9.47 Å². The van der Waals surface area contributed by atoms with Crippen molar-refractivity contribution in [2.75, 3.05) is 18.5 Å². The quantitative estimate of drug-likeness (QED) is 0.370. The molecule has 2 heterocycles. The van der Waals surface area contributed by atoms with Gasteiger partial charge >= 0.3 is 0 Å². The van der Waals surface area contributed by atoms with Crippen LogP contribution < -0.4 is 14.8 Å². The van der Waals surface area contributed by atoms with Gasteiger partial charge in [-0.25, -0.2) is 9.97 Å². The summed E-state index contributed by atoms with van der Waals surface area (Å²) < 4.78 is 11.4. The Kier molecular flexibility index (Phi) is 5.86. The minimum atomic E-state index is 0.603. The molecule has 0 spiro atoms. The zero-order chi connectivity index (χ0) is 21.1. The first-order valence-corrected chi connectivity index (χ1v) is 10.9. The second-order valence-corrected chi connectivity index (χ2v) is 8.05. The molecule has 154 valence electrons. The lowest BCUT2D eigenvalue weighted by Crippen LogP contribution is -2.01. The van der Waals surface area contributed by atoms with Crippen LogP contribution in [0.5, 0.6) is 11.5 Å². The molecule has 0 saturated carbocycles. The first-order valence-electron chi connectivity index (χ1n) is 10.1. The summed E-state index contributed by atoms with van der Waals surface area (Å²) in [6, 6.07) is 16.1. The van der Waals surface area contributed by atoms with Gasteiger partial charge in [0.15, 0.2) is 0 Å². The van der Waals surface area contributed by atoms with Crippen LogP contribution in [0.4, 0.5) is 11.5 Å². The number of hydrogen-bond acceptors (Lipinski definition) is 6. The third-order valence-corrected chi connectivity index (χ3v) is 5.73. The highest BCUT2D eigenvalue weighted by Crippen LogP contribution is 2.42. The zero-order valence-corrected chi connectivity index (χ0v) is 18.5. The van der Waals surface area contributed by atoms with Gasteiger partial charge in [0.05, 0.1) is 24.3 Å². The Balaban J connectivity index is 1.85. The van der Waals surface area contributed by atoms with E-state index in [4.69, 9.17) is 19.4 Å². The molecule has 0 aliphatic carbocycles. The fraction of sp³-hybridized carbons (Fsp3) is 0.250. The molecule has 0 unspecified atom stereocenters. The summed E-state index contributed by atoms with van der Waals surface area (Å²) in [7, 11) is 0. The normalized spacial score (nSPS) is 10.9. The lowest BCUT2D eigenvalue weighted by atomic mass is 10.0. The van der Waals surface area contributed by atoms with E-state index in [2.05, 4.69) is 24.4 Å². The van der Waals surface area contributed by atoms with E-state index >= 15 is 0 Å². The van der Waals surface area contributed by atoms with Crippen LogP contribution in [-0.4, -0.2) is 23.2 Å². The Morgan fingerprint density at radius 1 is 0.900 bits per heavy atom. The van der Waals surface area contributed by atoms with Gasteiger partial charge in [0.25, 0.3) is 0 Å². The van der Waals surface area contributed by atoms with E-state index in [-0.39, 0.29) is 0 Å². The van der Waals surface area contributed by atoms with Gasteiger partial charge in [-0.15, -0.1) is 11.3 Å². The third-order valence-electron chi connectivity index (χ3n) is 4.73. The van der Waals surface area contributed by atoms with E-state index in [1.807, 2.05) is 57.2 Å². The van der Waals surface area contributed by atoms with Gasteiger partial charge in [-0.1, -0.05) is 24.3 Å². The fourth-order valence-electron chi connectivity index (χ4n) is 3.52. The molecule has 0 fully saturated rings. The number of ether oxygens (including phenoxy) is 2. The molecule has 5 nitrogen and oxygen atoms in total. The van der Waals surface area contributed by atoms with Gasteiger partial charge in [-0.2, -0.15) is 0 Å². The monoisotopic (exact) mass is 419 g/mol. The van der Waals surface area contributed by atoms with Gasteiger partial charge in [-0.3, -0.25) is 0 Å². The summed E-state index contributed by atoms with van der Waals surface area (Å²) in [5.41, 5.74) is 3.16. The maximum Gasteiger partial charge on any atom is 0.143 e. The number of aryl methyl sites for hydroxylation is 2. The van der Waals surface area contributed by atoms with Crippen molar-refractivity contribution in [3.8, 4) is 22.6 Å². The van der Waals surface area contributed by atoms with Crippen molar-refractivity contribution >= 4 is 33.1 Å². The summed E-state index contributed by atoms with van der Waals surface area (Å²) in [6.45, 7) is 9.28. The van der Waals surface area contributed by atoms with Crippen LogP contribution in [0.25, 0.3) is 21.3 Å². The van der Waals surface area contributed by atoms with Gasteiger partial charge in [-0.05, 0) is 57.5 Å². The fourth-order valence-corrected chi connectivity index (χ4v) is 4.61. The summed E-state index contributed by atoms with van der Waals surface area (Å²) in [5, 5.41) is 4.53. The van der Waals surface area contributed by atoms with Crippen LogP contribution in [-0.2, 0) is 0 Å². The Labute approximate surface area is 180 Å². The number of nitrogens with one attached hydrogen (secondary N) is 1. The lowest BCUT2D eigenvalue weighted by Gasteiger charge is -2.14. The van der Waals surface area contributed by atoms with Crippen LogP contribution in [0.15, 0.2) is 48.5 Å². The van der Waals surface area contributed by atoms with Gasteiger partial charge in [0.1, 0.15) is 28.0 Å². The molecule has 6 heteroatoms. The van der Waals surface area contributed by atoms with Crippen molar-refractivity contribution in [2.24, 2.45) is 0 Å². The number of benzene rings is 2. The summed E-state index contributed by atoms with van der Waals surface area (Å²) in [4.78, 5) is 11.6. The molecule has 1 N–H and O–H groups in total. The van der Waals surface area contributed by atoms with Crippen LogP contribution >= 0.6 is 11.3 Å². The van der Waals surface area contributed by atoms with Crippen molar-refractivity contribution in [3.63, 3.8) is 0 Å². The molecule has 2 aromatic carbocycles. The number of hydrogen-bond donors (Lipinski definition) is 1. The van der Waals surface area contributed by atoms with E-state index in [9.17, 15) is 0 Å². The lowest BCUT2D eigenvalue weighted by molar-refractivity contribution is 0.340.